The van der Waals surface area contributed by atoms with Crippen LogP contribution in [-0.4, -0.2) is 25.5 Å². The van der Waals surface area contributed by atoms with Crippen LogP contribution in [-0.2, 0) is 11.3 Å². The third-order valence-electron chi connectivity index (χ3n) is 3.34. The number of anilines is 1. The van der Waals surface area contributed by atoms with Gasteiger partial charge in [-0.2, -0.15) is 0 Å². The summed E-state index contributed by atoms with van der Waals surface area (Å²) in [4.78, 5) is 13.5. The van der Waals surface area contributed by atoms with Crippen LogP contribution in [0.25, 0.3) is 0 Å². The summed E-state index contributed by atoms with van der Waals surface area (Å²) < 4.78 is 0. The Morgan fingerprint density at radius 2 is 2.39 bits per heavy atom. The minimum atomic E-state index is -0.261. The van der Waals surface area contributed by atoms with E-state index in [4.69, 9.17) is 17.3 Å². The Hall–Kier alpha value is -1.26. The first kappa shape index (κ1) is 13.2. The molecule has 0 spiro atoms. The molecule has 1 fully saturated rings. The van der Waals surface area contributed by atoms with Crippen LogP contribution in [0.4, 0.5) is 5.69 Å². The lowest BCUT2D eigenvalue weighted by Crippen LogP contribution is -2.40. The molecule has 0 radical (unpaired) electrons. The monoisotopic (exact) mass is 267 g/mol. The molecule has 1 aromatic carbocycles. The number of hydrogen-bond acceptors (Lipinski definition) is 3. The molecule has 2 rings (SSSR count). The van der Waals surface area contributed by atoms with E-state index in [0.717, 1.165) is 35.7 Å². The third kappa shape index (κ3) is 2.44. The number of carbonyl (C=O) groups excluding carboxylic acids is 1. The maximum absolute atomic E-state index is 11.5. The van der Waals surface area contributed by atoms with Gasteiger partial charge in [-0.1, -0.05) is 17.7 Å². The van der Waals surface area contributed by atoms with Crippen molar-refractivity contribution < 1.29 is 4.79 Å². The first-order valence-electron chi connectivity index (χ1n) is 6.13. The molecule has 1 saturated heterocycles. The molecule has 0 bridgehead atoms. The summed E-state index contributed by atoms with van der Waals surface area (Å²) in [5.41, 5.74) is 7.49. The number of halogens is 1. The number of rotatable bonds is 4. The highest BCUT2D eigenvalue weighted by Crippen LogP contribution is 2.32. The summed E-state index contributed by atoms with van der Waals surface area (Å²) in [6.45, 7) is 1.53. The molecule has 1 aliphatic rings. The van der Waals surface area contributed by atoms with Crippen molar-refractivity contribution in [3.05, 3.63) is 28.8 Å². The van der Waals surface area contributed by atoms with Crippen LogP contribution < -0.4 is 16.0 Å². The second-order valence-corrected chi connectivity index (χ2v) is 4.93. The van der Waals surface area contributed by atoms with Crippen LogP contribution in [0.2, 0.25) is 5.02 Å². The van der Waals surface area contributed by atoms with Crippen LogP contribution in [0.15, 0.2) is 18.2 Å². The highest BCUT2D eigenvalue weighted by Gasteiger charge is 2.30. The molecule has 18 heavy (non-hydrogen) atoms. The normalized spacial score (nSPS) is 19.2. The quantitative estimate of drug-likeness (QED) is 0.870. The van der Waals surface area contributed by atoms with Gasteiger partial charge >= 0.3 is 0 Å². The van der Waals surface area contributed by atoms with E-state index in [1.807, 2.05) is 25.2 Å². The third-order valence-corrected chi connectivity index (χ3v) is 3.69. The molecule has 4 nitrogen and oxygen atoms in total. The molecule has 1 unspecified atom stereocenters. The maximum atomic E-state index is 11.5. The fourth-order valence-electron chi connectivity index (χ4n) is 2.52. The predicted octanol–water partition coefficient (Wildman–Crippen LogP) is 1.51. The van der Waals surface area contributed by atoms with Crippen molar-refractivity contribution in [3.8, 4) is 0 Å². The predicted molar refractivity (Wildman–Crippen MR) is 73.8 cm³/mol. The Morgan fingerprint density at radius 3 is 3.06 bits per heavy atom. The van der Waals surface area contributed by atoms with Crippen molar-refractivity contribution in [1.82, 2.24) is 5.32 Å². The molecular weight excluding hydrogens is 250 g/mol. The standard InChI is InChI=1S/C13H18ClN3O/c1-16-8-9-10(14)4-2-5-11(9)17-7-3-6-12(17)13(15)18/h2,4-5,12,16H,3,6-8H2,1H3,(H2,15,18). The minimum absolute atomic E-state index is 0.209. The summed E-state index contributed by atoms with van der Waals surface area (Å²) in [6.07, 6.45) is 1.81. The molecule has 0 aromatic heterocycles. The molecular formula is C13H18ClN3O. The number of nitrogens with two attached hydrogens (primary N) is 1. The van der Waals surface area contributed by atoms with Gasteiger partial charge in [0.05, 0.1) is 0 Å². The lowest BCUT2D eigenvalue weighted by Gasteiger charge is -2.27. The number of carbonyl (C=O) groups is 1. The molecule has 5 heteroatoms. The van der Waals surface area contributed by atoms with Gasteiger partial charge in [-0.15, -0.1) is 0 Å². The first-order valence-corrected chi connectivity index (χ1v) is 6.51. The summed E-state index contributed by atoms with van der Waals surface area (Å²) in [5.74, 6) is -0.261. The van der Waals surface area contributed by atoms with E-state index in [1.165, 1.54) is 0 Å². The summed E-state index contributed by atoms with van der Waals surface area (Å²) >= 11 is 6.23. The molecule has 1 heterocycles. The molecule has 1 aromatic rings. The fraction of sp³-hybridized carbons (Fsp3) is 0.462. The van der Waals surface area contributed by atoms with Crippen molar-refractivity contribution in [2.24, 2.45) is 5.73 Å². The van der Waals surface area contributed by atoms with Crippen molar-refractivity contribution in [1.29, 1.82) is 0 Å². The lowest BCUT2D eigenvalue weighted by molar-refractivity contribution is -0.119. The molecule has 0 aliphatic carbocycles. The van der Waals surface area contributed by atoms with Crippen LogP contribution >= 0.6 is 11.6 Å². The molecule has 1 aliphatic heterocycles. The van der Waals surface area contributed by atoms with E-state index in [0.29, 0.717) is 6.54 Å². The van der Waals surface area contributed by atoms with Gasteiger partial charge in [0.25, 0.3) is 0 Å². The number of hydrogen-bond donors (Lipinski definition) is 2. The highest BCUT2D eigenvalue weighted by molar-refractivity contribution is 6.31. The second kappa shape index (κ2) is 5.59. The smallest absolute Gasteiger partial charge is 0.240 e. The van der Waals surface area contributed by atoms with Gasteiger partial charge in [0.2, 0.25) is 5.91 Å². The fourth-order valence-corrected chi connectivity index (χ4v) is 2.76. The molecule has 1 atom stereocenters. The van der Waals surface area contributed by atoms with E-state index in [1.54, 1.807) is 0 Å². The number of benzene rings is 1. The van der Waals surface area contributed by atoms with E-state index in [2.05, 4.69) is 10.2 Å². The number of nitrogens with zero attached hydrogens (tertiary/aromatic N) is 1. The molecule has 3 N–H and O–H groups in total. The van der Waals surface area contributed by atoms with Gasteiger partial charge < -0.3 is 16.0 Å². The van der Waals surface area contributed by atoms with Crippen LogP contribution in [0.1, 0.15) is 18.4 Å². The Kier molecular flexibility index (Phi) is 4.09. The van der Waals surface area contributed by atoms with Crippen molar-refractivity contribution in [2.45, 2.75) is 25.4 Å². The SMILES string of the molecule is CNCc1c(Cl)cccc1N1CCCC1C(N)=O. The van der Waals surface area contributed by atoms with Gasteiger partial charge in [-0.25, -0.2) is 0 Å². The van der Waals surface area contributed by atoms with Gasteiger partial charge in [0.1, 0.15) is 6.04 Å². The van der Waals surface area contributed by atoms with Crippen molar-refractivity contribution >= 4 is 23.2 Å². The number of nitrogens with one attached hydrogen (secondary N) is 1. The zero-order valence-corrected chi connectivity index (χ0v) is 11.2. The molecule has 98 valence electrons. The Morgan fingerprint density at radius 1 is 1.61 bits per heavy atom. The first-order chi connectivity index (χ1) is 8.65. The van der Waals surface area contributed by atoms with Crippen LogP contribution in [0.5, 0.6) is 0 Å². The van der Waals surface area contributed by atoms with E-state index >= 15 is 0 Å². The number of amides is 1. The largest absolute Gasteiger partial charge is 0.368 e. The van der Waals surface area contributed by atoms with Gasteiger partial charge in [0, 0.05) is 29.4 Å². The summed E-state index contributed by atoms with van der Waals surface area (Å²) in [6, 6.07) is 5.57. The second-order valence-electron chi connectivity index (χ2n) is 4.52. The van der Waals surface area contributed by atoms with E-state index in [-0.39, 0.29) is 11.9 Å². The zero-order chi connectivity index (χ0) is 13.1. The number of primary amides is 1. The van der Waals surface area contributed by atoms with Crippen molar-refractivity contribution in [3.63, 3.8) is 0 Å². The van der Waals surface area contributed by atoms with Gasteiger partial charge in [-0.3, -0.25) is 4.79 Å². The zero-order valence-electron chi connectivity index (χ0n) is 10.4. The average Bonchev–Trinajstić information content (AvgIpc) is 2.81. The summed E-state index contributed by atoms with van der Waals surface area (Å²) in [7, 11) is 1.88. The van der Waals surface area contributed by atoms with Gasteiger partial charge in [0.15, 0.2) is 0 Å². The van der Waals surface area contributed by atoms with Gasteiger partial charge in [-0.05, 0) is 32.0 Å². The van der Waals surface area contributed by atoms with E-state index in [9.17, 15) is 4.79 Å². The molecule has 0 saturated carbocycles. The highest BCUT2D eigenvalue weighted by atomic mass is 35.5. The maximum Gasteiger partial charge on any atom is 0.240 e. The molecule has 1 amide bonds. The van der Waals surface area contributed by atoms with Crippen LogP contribution in [0, 0.1) is 0 Å². The summed E-state index contributed by atoms with van der Waals surface area (Å²) in [5, 5.41) is 3.82. The Balaban J connectivity index is 2.37. The Bertz CT molecular complexity index is 450. The topological polar surface area (TPSA) is 58.4 Å². The van der Waals surface area contributed by atoms with Crippen LogP contribution in [0.3, 0.4) is 0 Å². The van der Waals surface area contributed by atoms with Crippen molar-refractivity contribution in [2.75, 3.05) is 18.5 Å². The van der Waals surface area contributed by atoms with E-state index < -0.39 is 0 Å². The lowest BCUT2D eigenvalue weighted by atomic mass is 10.1. The average molecular weight is 268 g/mol. The Labute approximate surface area is 112 Å². The minimum Gasteiger partial charge on any atom is -0.368 e.